The lowest BCUT2D eigenvalue weighted by molar-refractivity contribution is 0.0281. The molecule has 41 heavy (non-hydrogen) atoms. The van der Waals surface area contributed by atoms with Gasteiger partial charge in [-0.1, -0.05) is 54.6 Å². The van der Waals surface area contributed by atoms with Crippen molar-refractivity contribution in [2.24, 2.45) is 0 Å². The van der Waals surface area contributed by atoms with Crippen LogP contribution in [0.2, 0.25) is 0 Å². The van der Waals surface area contributed by atoms with Crippen molar-refractivity contribution in [3.8, 4) is 10.4 Å². The number of alkyl carbamates (subject to hydrolysis) is 1. The van der Waals surface area contributed by atoms with Gasteiger partial charge in [0.2, 0.25) is 0 Å². The predicted octanol–water partition coefficient (Wildman–Crippen LogP) is 6.96. The highest BCUT2D eigenvalue weighted by Gasteiger charge is 2.35. The second-order valence-corrected chi connectivity index (χ2v) is 13.2. The summed E-state index contributed by atoms with van der Waals surface area (Å²) in [6.45, 7) is 4.94. The average molecular weight is 602 g/mol. The molecule has 0 radical (unpaired) electrons. The zero-order valence-electron chi connectivity index (χ0n) is 24.3. The second kappa shape index (κ2) is 15.5. The van der Waals surface area contributed by atoms with E-state index in [1.807, 2.05) is 66.7 Å². The fourth-order valence-electron chi connectivity index (χ4n) is 4.10. The van der Waals surface area contributed by atoms with Crippen LogP contribution in [0.1, 0.15) is 54.4 Å². The average Bonchev–Trinajstić information content (AvgIpc) is 3.45. The second-order valence-electron chi connectivity index (χ2n) is 10.7. The standard InChI is InChI=1S/C31H40NO7PS/c1-30(2,3)39-29(35)32-31(21-33,22-38-40(36-4)37-5)20-19-24-11-14-25(15-12-24)27-17-18-28(41-27)26(34)16-13-23-9-7-6-8-10-23/h6-12,14-15,17-18,33H,13,16,19-22H2,1-5H3,(H,32,35). The Hall–Kier alpha value is -2.65. The van der Waals surface area contributed by atoms with E-state index in [9.17, 15) is 14.7 Å². The first-order valence-corrected chi connectivity index (χ1v) is 15.4. The van der Waals surface area contributed by atoms with Crippen LogP contribution in [0.5, 0.6) is 0 Å². The Morgan fingerprint density at radius 1 is 0.902 bits per heavy atom. The van der Waals surface area contributed by atoms with Gasteiger partial charge in [-0.25, -0.2) is 4.79 Å². The van der Waals surface area contributed by atoms with Crippen molar-refractivity contribution in [2.45, 2.75) is 57.6 Å². The van der Waals surface area contributed by atoms with Gasteiger partial charge in [0.1, 0.15) is 5.60 Å². The van der Waals surface area contributed by atoms with Crippen LogP contribution in [-0.4, -0.2) is 55.6 Å². The third-order valence-electron chi connectivity index (χ3n) is 6.31. The minimum atomic E-state index is -1.62. The number of carbonyl (C=O) groups is 2. The maximum atomic E-state index is 12.7. The summed E-state index contributed by atoms with van der Waals surface area (Å²) in [7, 11) is 1.32. The molecular weight excluding hydrogens is 561 g/mol. The zero-order chi connectivity index (χ0) is 29.9. The fourth-order valence-corrected chi connectivity index (χ4v) is 5.79. The van der Waals surface area contributed by atoms with Gasteiger partial charge in [-0.2, -0.15) is 0 Å². The molecule has 2 aromatic carbocycles. The van der Waals surface area contributed by atoms with Crippen LogP contribution < -0.4 is 5.32 Å². The van der Waals surface area contributed by atoms with Gasteiger partial charge in [0.05, 0.1) is 23.6 Å². The topological polar surface area (TPSA) is 103 Å². The van der Waals surface area contributed by atoms with Gasteiger partial charge in [0, 0.05) is 25.5 Å². The number of amides is 1. The van der Waals surface area contributed by atoms with Crippen molar-refractivity contribution in [3.05, 3.63) is 82.7 Å². The number of benzene rings is 2. The highest BCUT2D eigenvalue weighted by atomic mass is 32.1. The number of Topliss-reactive ketones (excluding diaryl/α,β-unsaturated/α-hetero) is 1. The summed E-state index contributed by atoms with van der Waals surface area (Å²) in [6, 6.07) is 22.0. The van der Waals surface area contributed by atoms with Gasteiger partial charge >= 0.3 is 14.7 Å². The van der Waals surface area contributed by atoms with E-state index in [1.54, 1.807) is 20.8 Å². The summed E-state index contributed by atoms with van der Waals surface area (Å²) in [5.74, 6) is 0.146. The van der Waals surface area contributed by atoms with Gasteiger partial charge in [-0.3, -0.25) is 4.79 Å². The van der Waals surface area contributed by atoms with Crippen LogP contribution in [0.4, 0.5) is 4.79 Å². The van der Waals surface area contributed by atoms with Gasteiger partial charge in [-0.05, 0) is 68.9 Å². The maximum absolute atomic E-state index is 12.7. The minimum Gasteiger partial charge on any atom is -0.444 e. The Labute approximate surface area is 248 Å². The molecule has 0 saturated heterocycles. The fraction of sp³-hybridized carbons (Fsp3) is 0.419. The molecule has 10 heteroatoms. The van der Waals surface area contributed by atoms with Gasteiger partial charge in [0.25, 0.3) is 0 Å². The Morgan fingerprint density at radius 3 is 2.17 bits per heavy atom. The Kier molecular flexibility index (Phi) is 12.5. The minimum absolute atomic E-state index is 0.0233. The number of hydrogen-bond donors (Lipinski definition) is 2. The SMILES string of the molecule is COP(OC)OCC(CO)(CCc1ccc(-c2ccc(C(=O)CCc3ccccc3)s2)cc1)NC(=O)OC(C)(C)C. The Bertz CT molecular complexity index is 1240. The number of hydrogen-bond acceptors (Lipinski definition) is 8. The summed E-state index contributed by atoms with van der Waals surface area (Å²) < 4.78 is 21.5. The summed E-state index contributed by atoms with van der Waals surface area (Å²) >= 11 is 1.50. The Morgan fingerprint density at radius 2 is 1.56 bits per heavy atom. The molecule has 2 N–H and O–H groups in total. The number of aryl methyl sites for hydroxylation is 2. The lowest BCUT2D eigenvalue weighted by atomic mass is 9.92. The van der Waals surface area contributed by atoms with Gasteiger partial charge in [-0.15, -0.1) is 11.3 Å². The first-order chi connectivity index (χ1) is 19.6. The molecular formula is C31H40NO7PS. The summed E-state index contributed by atoms with van der Waals surface area (Å²) in [4.78, 5) is 27.1. The third kappa shape index (κ3) is 10.6. The van der Waals surface area contributed by atoms with E-state index in [0.717, 1.165) is 32.9 Å². The number of rotatable bonds is 15. The molecule has 0 fully saturated rings. The molecule has 1 heterocycles. The van der Waals surface area contributed by atoms with E-state index in [0.29, 0.717) is 19.3 Å². The predicted molar refractivity (Wildman–Crippen MR) is 163 cm³/mol. The van der Waals surface area contributed by atoms with Crippen molar-refractivity contribution < 1.29 is 33.0 Å². The van der Waals surface area contributed by atoms with Gasteiger partial charge in [0.15, 0.2) is 5.78 Å². The van der Waals surface area contributed by atoms with Crippen molar-refractivity contribution in [2.75, 3.05) is 27.4 Å². The molecule has 0 saturated carbocycles. The quantitative estimate of drug-likeness (QED) is 0.143. The van der Waals surface area contributed by atoms with Crippen LogP contribution in [0.3, 0.4) is 0 Å². The van der Waals surface area contributed by atoms with E-state index in [1.165, 1.54) is 25.6 Å². The van der Waals surface area contributed by atoms with E-state index in [-0.39, 0.29) is 19.0 Å². The number of nitrogens with one attached hydrogen (secondary N) is 1. The molecule has 0 aliphatic rings. The van der Waals surface area contributed by atoms with Crippen molar-refractivity contribution in [1.29, 1.82) is 0 Å². The summed E-state index contributed by atoms with van der Waals surface area (Å²) in [5.41, 5.74) is 1.40. The highest BCUT2D eigenvalue weighted by molar-refractivity contribution is 7.41. The third-order valence-corrected chi connectivity index (χ3v) is 8.42. The first-order valence-electron chi connectivity index (χ1n) is 13.5. The van der Waals surface area contributed by atoms with Crippen molar-refractivity contribution in [3.63, 3.8) is 0 Å². The molecule has 8 nitrogen and oxygen atoms in total. The highest BCUT2D eigenvalue weighted by Crippen LogP contribution is 2.38. The number of carbonyl (C=O) groups excluding carboxylic acids is 2. The molecule has 1 atom stereocenters. The van der Waals surface area contributed by atoms with Gasteiger partial charge < -0.3 is 28.7 Å². The smallest absolute Gasteiger partial charge is 0.408 e. The van der Waals surface area contributed by atoms with E-state index in [4.69, 9.17) is 18.3 Å². The van der Waals surface area contributed by atoms with Crippen molar-refractivity contribution >= 4 is 31.8 Å². The zero-order valence-corrected chi connectivity index (χ0v) is 26.1. The normalized spacial score (nSPS) is 13.1. The molecule has 3 rings (SSSR count). The molecule has 1 aromatic heterocycles. The number of thiophene rings is 1. The van der Waals surface area contributed by atoms with Crippen LogP contribution in [0.25, 0.3) is 10.4 Å². The molecule has 222 valence electrons. The Balaban J connectivity index is 1.64. The maximum Gasteiger partial charge on any atom is 0.408 e. The monoisotopic (exact) mass is 601 g/mol. The first kappa shape index (κ1) is 32.9. The summed E-state index contributed by atoms with van der Waals surface area (Å²) in [6.07, 6.45) is 1.51. The van der Waals surface area contributed by atoms with Crippen LogP contribution in [-0.2, 0) is 31.1 Å². The van der Waals surface area contributed by atoms with Crippen molar-refractivity contribution in [1.82, 2.24) is 5.32 Å². The molecule has 0 aliphatic carbocycles. The number of aliphatic hydroxyl groups is 1. The summed E-state index contributed by atoms with van der Waals surface area (Å²) in [5, 5.41) is 13.2. The molecule has 3 aromatic rings. The largest absolute Gasteiger partial charge is 0.444 e. The molecule has 0 aliphatic heterocycles. The number of aliphatic hydroxyl groups excluding tert-OH is 1. The molecule has 1 amide bonds. The van der Waals surface area contributed by atoms with Crippen LogP contribution >= 0.6 is 19.9 Å². The number of ether oxygens (including phenoxy) is 1. The van der Waals surface area contributed by atoms with Crippen LogP contribution in [0.15, 0.2) is 66.7 Å². The lowest BCUT2D eigenvalue weighted by Crippen LogP contribution is -2.55. The number of ketones is 1. The van der Waals surface area contributed by atoms with E-state index in [2.05, 4.69) is 5.32 Å². The molecule has 0 spiro atoms. The lowest BCUT2D eigenvalue weighted by Gasteiger charge is -2.34. The van der Waals surface area contributed by atoms with E-state index < -0.39 is 25.8 Å². The van der Waals surface area contributed by atoms with E-state index >= 15 is 0 Å². The van der Waals surface area contributed by atoms with Crippen LogP contribution in [0, 0.1) is 0 Å². The molecule has 1 unspecified atom stereocenters. The molecule has 0 bridgehead atoms.